The van der Waals surface area contributed by atoms with Crippen molar-refractivity contribution in [2.45, 2.75) is 18.9 Å². The minimum atomic E-state index is -0.0949. The Labute approximate surface area is 47.7 Å². The van der Waals surface area contributed by atoms with Crippen LogP contribution in [0.2, 0.25) is 0 Å². The third kappa shape index (κ3) is 0.980. The highest BCUT2D eigenvalue weighted by molar-refractivity contribution is 5.78. The van der Waals surface area contributed by atoms with E-state index in [4.69, 9.17) is 5.11 Å². The molecule has 0 aromatic carbocycles. The van der Waals surface area contributed by atoms with Crippen LogP contribution in [0.15, 0.2) is 0 Å². The van der Waals surface area contributed by atoms with Crippen LogP contribution >= 0.6 is 0 Å². The second kappa shape index (κ2) is 2.13. The van der Waals surface area contributed by atoms with Crippen LogP contribution in [0.25, 0.3) is 0 Å². The molecule has 1 saturated heterocycles. The van der Waals surface area contributed by atoms with Crippen LogP contribution in [-0.4, -0.2) is 23.7 Å². The number of nitrogens with zero attached hydrogens (tertiary/aromatic N) is 1. The molecule has 8 heavy (non-hydrogen) atoms. The van der Waals surface area contributed by atoms with Crippen LogP contribution in [0.1, 0.15) is 12.8 Å². The Bertz CT molecular complexity index is 103. The van der Waals surface area contributed by atoms with Crippen molar-refractivity contribution >= 4 is 5.91 Å². The zero-order valence-electron chi connectivity index (χ0n) is 4.50. The van der Waals surface area contributed by atoms with E-state index in [-0.39, 0.29) is 18.6 Å². The van der Waals surface area contributed by atoms with Crippen molar-refractivity contribution in [2.24, 2.45) is 0 Å². The fourth-order valence-electron chi connectivity index (χ4n) is 0.755. The van der Waals surface area contributed by atoms with E-state index < -0.39 is 0 Å². The summed E-state index contributed by atoms with van der Waals surface area (Å²) in [5.74, 6) is -0.0657. The smallest absolute Gasteiger partial charge is 0.241 e. The summed E-state index contributed by atoms with van der Waals surface area (Å²) >= 11 is 0. The second-order valence-electron chi connectivity index (χ2n) is 1.90. The summed E-state index contributed by atoms with van der Waals surface area (Å²) in [6, 6.07) is -0.0949. The zero-order chi connectivity index (χ0) is 5.98. The Morgan fingerprint density at radius 2 is 2.62 bits per heavy atom. The molecule has 0 aromatic rings. The maximum absolute atomic E-state index is 10.3. The standard InChI is InChI=1S/C5H8NO2/c7-3-4-1-2-5(8)6-4/h4,7H,1-3H2/t4-/m0/s1. The summed E-state index contributed by atoms with van der Waals surface area (Å²) in [6.07, 6.45) is 1.25. The number of rotatable bonds is 1. The quantitative estimate of drug-likeness (QED) is 0.488. The zero-order valence-corrected chi connectivity index (χ0v) is 4.50. The van der Waals surface area contributed by atoms with Crippen molar-refractivity contribution in [3.05, 3.63) is 0 Å². The highest BCUT2D eigenvalue weighted by Gasteiger charge is 2.21. The largest absolute Gasteiger partial charge is 0.394 e. The number of aliphatic hydroxyl groups is 1. The van der Waals surface area contributed by atoms with Gasteiger partial charge in [0.2, 0.25) is 5.91 Å². The summed E-state index contributed by atoms with van der Waals surface area (Å²) in [7, 11) is 0. The molecule has 1 rings (SSSR count). The van der Waals surface area contributed by atoms with Crippen LogP contribution in [-0.2, 0) is 4.79 Å². The number of hydrogen-bond acceptors (Lipinski definition) is 2. The van der Waals surface area contributed by atoms with Gasteiger partial charge in [-0.2, -0.15) is 0 Å². The van der Waals surface area contributed by atoms with Crippen LogP contribution in [0.4, 0.5) is 0 Å². The van der Waals surface area contributed by atoms with Gasteiger partial charge >= 0.3 is 0 Å². The van der Waals surface area contributed by atoms with Crippen molar-refractivity contribution in [3.63, 3.8) is 0 Å². The maximum Gasteiger partial charge on any atom is 0.241 e. The molecule has 1 radical (unpaired) electrons. The summed E-state index contributed by atoms with van der Waals surface area (Å²) in [4.78, 5) is 10.3. The van der Waals surface area contributed by atoms with Gasteiger partial charge in [0.05, 0.1) is 12.6 Å². The summed E-state index contributed by atoms with van der Waals surface area (Å²) in [5, 5.41) is 12.1. The monoisotopic (exact) mass is 114 g/mol. The first kappa shape index (κ1) is 5.56. The Balaban J connectivity index is 2.32. The molecule has 1 N–H and O–H groups in total. The molecule has 0 bridgehead atoms. The van der Waals surface area contributed by atoms with Crippen LogP contribution in [0, 0.1) is 0 Å². The number of amides is 1. The molecule has 0 aromatic heterocycles. The highest BCUT2D eigenvalue weighted by Crippen LogP contribution is 2.06. The third-order valence-electron chi connectivity index (χ3n) is 1.23. The average molecular weight is 114 g/mol. The van der Waals surface area contributed by atoms with Crippen molar-refractivity contribution in [2.75, 3.05) is 6.61 Å². The van der Waals surface area contributed by atoms with E-state index in [0.29, 0.717) is 6.42 Å². The number of carbonyl (C=O) groups is 1. The van der Waals surface area contributed by atoms with Gasteiger partial charge in [-0.05, 0) is 6.42 Å². The molecular formula is C5H8NO2. The molecular weight excluding hydrogens is 106 g/mol. The molecule has 45 valence electrons. The van der Waals surface area contributed by atoms with Gasteiger partial charge in [0, 0.05) is 6.42 Å². The van der Waals surface area contributed by atoms with E-state index in [1.165, 1.54) is 0 Å². The fraction of sp³-hybridized carbons (Fsp3) is 0.800. The number of aliphatic hydroxyl groups excluding tert-OH is 1. The lowest BCUT2D eigenvalue weighted by molar-refractivity contribution is -0.119. The molecule has 0 unspecified atom stereocenters. The first-order valence-electron chi connectivity index (χ1n) is 2.67. The molecule has 3 nitrogen and oxygen atoms in total. The van der Waals surface area contributed by atoms with E-state index >= 15 is 0 Å². The van der Waals surface area contributed by atoms with Gasteiger partial charge < -0.3 is 5.11 Å². The topological polar surface area (TPSA) is 51.4 Å². The number of hydrogen-bond donors (Lipinski definition) is 1. The Hall–Kier alpha value is -0.570. The summed E-state index contributed by atoms with van der Waals surface area (Å²) < 4.78 is 0. The molecule has 3 heteroatoms. The van der Waals surface area contributed by atoms with Gasteiger partial charge in [-0.3, -0.25) is 4.79 Å². The second-order valence-corrected chi connectivity index (χ2v) is 1.90. The lowest BCUT2D eigenvalue weighted by atomic mass is 10.2. The molecule has 1 heterocycles. The molecule has 1 fully saturated rings. The van der Waals surface area contributed by atoms with E-state index in [1.807, 2.05) is 0 Å². The minimum Gasteiger partial charge on any atom is -0.394 e. The molecule has 1 atom stereocenters. The Morgan fingerprint density at radius 1 is 1.88 bits per heavy atom. The van der Waals surface area contributed by atoms with Crippen molar-refractivity contribution in [1.82, 2.24) is 5.32 Å². The van der Waals surface area contributed by atoms with Gasteiger partial charge in [0.25, 0.3) is 0 Å². The van der Waals surface area contributed by atoms with E-state index in [2.05, 4.69) is 5.32 Å². The fourth-order valence-corrected chi connectivity index (χ4v) is 0.755. The van der Waals surface area contributed by atoms with Gasteiger partial charge in [0.1, 0.15) is 0 Å². The first-order valence-corrected chi connectivity index (χ1v) is 2.67. The van der Waals surface area contributed by atoms with Gasteiger partial charge in [-0.25, -0.2) is 5.32 Å². The van der Waals surface area contributed by atoms with E-state index in [1.54, 1.807) is 0 Å². The molecule has 1 aliphatic heterocycles. The molecule has 0 saturated carbocycles. The SMILES string of the molecule is O=C1CC[C@@H](CO)[N]1. The maximum atomic E-state index is 10.3. The van der Waals surface area contributed by atoms with E-state index in [0.717, 1.165) is 6.42 Å². The predicted molar refractivity (Wildman–Crippen MR) is 27.2 cm³/mol. The number of carbonyl (C=O) groups excluding carboxylic acids is 1. The predicted octanol–water partition coefficient (Wildman–Crippen LogP) is -0.728. The van der Waals surface area contributed by atoms with Gasteiger partial charge in [-0.15, -0.1) is 0 Å². The minimum absolute atomic E-state index is 0.0196. The molecule has 0 aliphatic carbocycles. The average Bonchev–Trinajstić information content (AvgIpc) is 2.14. The van der Waals surface area contributed by atoms with Crippen LogP contribution in [0.5, 0.6) is 0 Å². The van der Waals surface area contributed by atoms with Crippen molar-refractivity contribution in [3.8, 4) is 0 Å². The molecule has 0 spiro atoms. The van der Waals surface area contributed by atoms with Crippen LogP contribution < -0.4 is 5.32 Å². The van der Waals surface area contributed by atoms with Crippen molar-refractivity contribution < 1.29 is 9.90 Å². The normalized spacial score (nSPS) is 28.1. The molecule has 1 amide bonds. The first-order chi connectivity index (χ1) is 3.83. The van der Waals surface area contributed by atoms with Crippen molar-refractivity contribution in [1.29, 1.82) is 0 Å². The highest BCUT2D eigenvalue weighted by atomic mass is 16.3. The molecule has 1 aliphatic rings. The Morgan fingerprint density at radius 3 is 2.88 bits per heavy atom. The third-order valence-corrected chi connectivity index (χ3v) is 1.23. The lowest BCUT2D eigenvalue weighted by Crippen LogP contribution is -2.20. The van der Waals surface area contributed by atoms with E-state index in [9.17, 15) is 4.79 Å². The summed E-state index contributed by atoms with van der Waals surface area (Å²) in [5.41, 5.74) is 0. The van der Waals surface area contributed by atoms with Crippen LogP contribution in [0.3, 0.4) is 0 Å². The lowest BCUT2D eigenvalue weighted by Gasteiger charge is -1.98. The van der Waals surface area contributed by atoms with Gasteiger partial charge in [-0.1, -0.05) is 0 Å². The summed E-state index contributed by atoms with van der Waals surface area (Å²) in [6.45, 7) is 0.0196. The Kier molecular flexibility index (Phi) is 1.48. The van der Waals surface area contributed by atoms with Gasteiger partial charge in [0.15, 0.2) is 0 Å².